The summed E-state index contributed by atoms with van der Waals surface area (Å²) in [5.74, 6) is 0.140. The molecule has 0 aromatic heterocycles. The molecular formula is C15H29N3O. The monoisotopic (exact) mass is 267 g/mol. The Kier molecular flexibility index (Phi) is 4.21. The standard InChI is InChI=1S/C15H29N3O/c1-10(14(19)17-15(2,3)4)18(5)13-8-11-6-7-12(9-13)16-11/h10-13,16H,6-9H2,1-5H3,(H,17,19). The van der Waals surface area contributed by atoms with Crippen LogP contribution in [0.1, 0.15) is 53.4 Å². The number of nitrogens with zero attached hydrogens (tertiary/aromatic N) is 1. The zero-order valence-corrected chi connectivity index (χ0v) is 13.0. The van der Waals surface area contributed by atoms with Crippen LogP contribution in [0.5, 0.6) is 0 Å². The van der Waals surface area contributed by atoms with Gasteiger partial charge in [-0.05, 0) is 60.4 Å². The summed E-state index contributed by atoms with van der Waals surface area (Å²) in [6, 6.07) is 1.83. The summed E-state index contributed by atoms with van der Waals surface area (Å²) in [5.41, 5.74) is -0.153. The highest BCUT2D eigenvalue weighted by molar-refractivity contribution is 5.81. The number of likely N-dealkylation sites (N-methyl/N-ethyl adjacent to an activating group) is 1. The Labute approximate surface area is 117 Å². The average Bonchev–Trinajstić information content (AvgIpc) is 2.64. The minimum absolute atomic E-state index is 0.0540. The van der Waals surface area contributed by atoms with Gasteiger partial charge >= 0.3 is 0 Å². The SMILES string of the molecule is CC(C(=O)NC(C)(C)C)N(C)C1CC2CCC(C1)N2. The van der Waals surface area contributed by atoms with Gasteiger partial charge in [-0.15, -0.1) is 0 Å². The van der Waals surface area contributed by atoms with E-state index in [9.17, 15) is 4.79 Å². The summed E-state index contributed by atoms with van der Waals surface area (Å²) in [7, 11) is 2.10. The second kappa shape index (κ2) is 5.41. The zero-order chi connectivity index (χ0) is 14.2. The fraction of sp³-hybridized carbons (Fsp3) is 0.933. The highest BCUT2D eigenvalue weighted by Crippen LogP contribution is 2.30. The molecule has 2 bridgehead atoms. The quantitative estimate of drug-likeness (QED) is 0.814. The van der Waals surface area contributed by atoms with Crippen molar-refractivity contribution >= 4 is 5.91 Å². The van der Waals surface area contributed by atoms with Crippen LogP contribution in [0.4, 0.5) is 0 Å². The van der Waals surface area contributed by atoms with E-state index in [1.807, 2.05) is 27.7 Å². The molecule has 1 amide bonds. The summed E-state index contributed by atoms with van der Waals surface area (Å²) >= 11 is 0. The highest BCUT2D eigenvalue weighted by atomic mass is 16.2. The van der Waals surface area contributed by atoms with Crippen molar-refractivity contribution in [3.63, 3.8) is 0 Å². The zero-order valence-electron chi connectivity index (χ0n) is 13.0. The van der Waals surface area contributed by atoms with E-state index in [1.54, 1.807) is 0 Å². The first kappa shape index (κ1) is 14.8. The number of nitrogens with one attached hydrogen (secondary N) is 2. The molecule has 2 fully saturated rings. The van der Waals surface area contributed by atoms with E-state index in [0.717, 1.165) is 0 Å². The third-order valence-electron chi connectivity index (χ3n) is 4.51. The molecule has 4 nitrogen and oxygen atoms in total. The van der Waals surface area contributed by atoms with Crippen LogP contribution in [0.3, 0.4) is 0 Å². The van der Waals surface area contributed by atoms with Gasteiger partial charge in [-0.1, -0.05) is 0 Å². The number of fused-ring (bicyclic) bond motifs is 2. The summed E-state index contributed by atoms with van der Waals surface area (Å²) in [4.78, 5) is 14.5. The predicted molar refractivity (Wildman–Crippen MR) is 78.1 cm³/mol. The van der Waals surface area contributed by atoms with Crippen LogP contribution < -0.4 is 10.6 Å². The second-order valence-corrected chi connectivity index (χ2v) is 7.34. The Morgan fingerprint density at radius 1 is 1.26 bits per heavy atom. The minimum Gasteiger partial charge on any atom is -0.350 e. The average molecular weight is 267 g/mol. The normalized spacial score (nSPS) is 32.4. The third kappa shape index (κ3) is 3.69. The molecule has 0 aromatic rings. The molecule has 2 heterocycles. The predicted octanol–water partition coefficient (Wildman–Crippen LogP) is 1.50. The molecule has 19 heavy (non-hydrogen) atoms. The van der Waals surface area contributed by atoms with E-state index in [-0.39, 0.29) is 17.5 Å². The molecule has 0 saturated carbocycles. The first-order chi connectivity index (χ1) is 8.76. The Morgan fingerprint density at radius 3 is 2.26 bits per heavy atom. The van der Waals surface area contributed by atoms with Gasteiger partial charge in [-0.3, -0.25) is 9.69 Å². The van der Waals surface area contributed by atoms with E-state index in [0.29, 0.717) is 18.1 Å². The maximum atomic E-state index is 12.3. The van der Waals surface area contributed by atoms with Crippen molar-refractivity contribution in [3.05, 3.63) is 0 Å². The van der Waals surface area contributed by atoms with Crippen LogP contribution in [-0.4, -0.2) is 47.6 Å². The Balaban J connectivity index is 1.91. The molecule has 4 heteroatoms. The molecule has 3 unspecified atom stereocenters. The highest BCUT2D eigenvalue weighted by Gasteiger charge is 2.37. The van der Waals surface area contributed by atoms with Crippen LogP contribution >= 0.6 is 0 Å². The van der Waals surface area contributed by atoms with Gasteiger partial charge < -0.3 is 10.6 Å². The van der Waals surface area contributed by atoms with Crippen molar-refractivity contribution in [3.8, 4) is 0 Å². The van der Waals surface area contributed by atoms with Crippen molar-refractivity contribution < 1.29 is 4.79 Å². The largest absolute Gasteiger partial charge is 0.350 e. The lowest BCUT2D eigenvalue weighted by molar-refractivity contribution is -0.128. The molecular weight excluding hydrogens is 238 g/mol. The molecule has 2 aliphatic heterocycles. The van der Waals surface area contributed by atoms with Crippen molar-refractivity contribution in [2.45, 2.75) is 83.1 Å². The number of carbonyl (C=O) groups excluding carboxylic acids is 1. The molecule has 2 saturated heterocycles. The minimum atomic E-state index is -0.153. The van der Waals surface area contributed by atoms with Gasteiger partial charge in [0.15, 0.2) is 0 Å². The van der Waals surface area contributed by atoms with Gasteiger partial charge in [0.05, 0.1) is 6.04 Å². The van der Waals surface area contributed by atoms with Crippen molar-refractivity contribution in [2.24, 2.45) is 0 Å². The van der Waals surface area contributed by atoms with Crippen molar-refractivity contribution in [2.75, 3.05) is 7.05 Å². The number of carbonyl (C=O) groups is 1. The third-order valence-corrected chi connectivity index (χ3v) is 4.51. The van der Waals surface area contributed by atoms with E-state index in [2.05, 4.69) is 22.6 Å². The fourth-order valence-electron chi connectivity index (χ4n) is 3.33. The molecule has 2 aliphatic rings. The van der Waals surface area contributed by atoms with Gasteiger partial charge in [0.2, 0.25) is 5.91 Å². The van der Waals surface area contributed by atoms with E-state index in [1.165, 1.54) is 25.7 Å². The van der Waals surface area contributed by atoms with Crippen molar-refractivity contribution in [1.29, 1.82) is 0 Å². The Hall–Kier alpha value is -0.610. The van der Waals surface area contributed by atoms with Crippen LogP contribution in [0.25, 0.3) is 0 Å². The van der Waals surface area contributed by atoms with E-state index < -0.39 is 0 Å². The summed E-state index contributed by atoms with van der Waals surface area (Å²) in [5, 5.41) is 6.74. The summed E-state index contributed by atoms with van der Waals surface area (Å²) < 4.78 is 0. The molecule has 3 atom stereocenters. The first-order valence-electron chi connectivity index (χ1n) is 7.56. The number of hydrogen-bond acceptors (Lipinski definition) is 3. The Morgan fingerprint density at radius 2 is 1.79 bits per heavy atom. The smallest absolute Gasteiger partial charge is 0.237 e. The van der Waals surface area contributed by atoms with E-state index >= 15 is 0 Å². The van der Waals surface area contributed by atoms with Crippen LogP contribution in [0, 0.1) is 0 Å². The molecule has 0 aromatic carbocycles. The molecule has 0 aliphatic carbocycles. The van der Waals surface area contributed by atoms with Gasteiger partial charge in [-0.25, -0.2) is 0 Å². The number of hydrogen-bond donors (Lipinski definition) is 2. The lowest BCUT2D eigenvalue weighted by atomic mass is 9.97. The van der Waals surface area contributed by atoms with Crippen LogP contribution in [-0.2, 0) is 4.79 Å². The number of piperidine rings is 1. The van der Waals surface area contributed by atoms with Crippen LogP contribution in [0.15, 0.2) is 0 Å². The summed E-state index contributed by atoms with van der Waals surface area (Å²) in [6.45, 7) is 8.11. The van der Waals surface area contributed by atoms with Gasteiger partial charge in [0, 0.05) is 23.7 Å². The first-order valence-corrected chi connectivity index (χ1v) is 7.56. The molecule has 2 rings (SSSR count). The lowest BCUT2D eigenvalue weighted by Crippen LogP contribution is -2.55. The number of rotatable bonds is 3. The van der Waals surface area contributed by atoms with Gasteiger partial charge in [0.1, 0.15) is 0 Å². The van der Waals surface area contributed by atoms with E-state index in [4.69, 9.17) is 0 Å². The number of amides is 1. The maximum Gasteiger partial charge on any atom is 0.237 e. The topological polar surface area (TPSA) is 44.4 Å². The molecule has 2 N–H and O–H groups in total. The maximum absolute atomic E-state index is 12.3. The lowest BCUT2D eigenvalue weighted by Gasteiger charge is -2.38. The second-order valence-electron chi connectivity index (χ2n) is 7.34. The molecule has 0 spiro atoms. The molecule has 0 radical (unpaired) electrons. The Bertz CT molecular complexity index is 325. The van der Waals surface area contributed by atoms with Gasteiger partial charge in [-0.2, -0.15) is 0 Å². The molecule has 110 valence electrons. The van der Waals surface area contributed by atoms with Crippen molar-refractivity contribution in [1.82, 2.24) is 15.5 Å². The summed E-state index contributed by atoms with van der Waals surface area (Å²) in [6.07, 6.45) is 4.97. The van der Waals surface area contributed by atoms with Gasteiger partial charge in [0.25, 0.3) is 0 Å². The van der Waals surface area contributed by atoms with Crippen LogP contribution in [0.2, 0.25) is 0 Å². The fourth-order valence-corrected chi connectivity index (χ4v) is 3.33.